The molecule has 344 valence electrons. The molecule has 2 aliphatic rings. The van der Waals surface area contributed by atoms with Crippen LogP contribution in [-0.2, 0) is 5.41 Å². The van der Waals surface area contributed by atoms with Crippen molar-refractivity contribution in [2.75, 3.05) is 4.90 Å². The smallest absolute Gasteiger partial charge is 0.0713 e. The summed E-state index contributed by atoms with van der Waals surface area (Å²) in [7, 11) is 0. The second kappa shape index (κ2) is 18.7. The van der Waals surface area contributed by atoms with E-state index >= 15 is 0 Å². The van der Waals surface area contributed by atoms with Crippen LogP contribution in [0.3, 0.4) is 0 Å². The average Bonchev–Trinajstić information content (AvgIpc) is 3.78. The first-order valence-electron chi connectivity index (χ1n) is 25.9. The van der Waals surface area contributed by atoms with E-state index in [0.29, 0.717) is 5.92 Å². The van der Waals surface area contributed by atoms with E-state index in [-0.39, 0.29) is 0 Å². The van der Waals surface area contributed by atoms with E-state index < -0.39 is 5.41 Å². The van der Waals surface area contributed by atoms with Crippen LogP contribution in [0.1, 0.15) is 65.8 Å². The minimum absolute atomic E-state index is 0.519. The summed E-state index contributed by atoms with van der Waals surface area (Å²) in [6, 6.07) is 99.6. The van der Waals surface area contributed by atoms with E-state index in [1.54, 1.807) is 0 Å². The number of nitrogens with zero attached hydrogens (tertiary/aromatic N) is 1. The molecule has 11 aromatic rings. The monoisotopic (exact) mass is 921 g/mol. The number of rotatable bonds is 10. The molecule has 1 saturated carbocycles. The van der Waals surface area contributed by atoms with E-state index in [1.165, 1.54) is 126 Å². The van der Waals surface area contributed by atoms with Gasteiger partial charge in [0.2, 0.25) is 0 Å². The molecule has 0 aromatic heterocycles. The van der Waals surface area contributed by atoms with Crippen LogP contribution >= 0.6 is 0 Å². The quantitative estimate of drug-likeness (QED) is 0.132. The van der Waals surface area contributed by atoms with Crippen LogP contribution < -0.4 is 4.90 Å². The van der Waals surface area contributed by atoms with Crippen molar-refractivity contribution in [2.24, 2.45) is 0 Å². The molecule has 0 radical (unpaired) electrons. The van der Waals surface area contributed by atoms with Gasteiger partial charge >= 0.3 is 0 Å². The van der Waals surface area contributed by atoms with Crippen molar-refractivity contribution in [3.63, 3.8) is 0 Å². The molecule has 0 unspecified atom stereocenters. The standard InChI is InChI=1S/C71H55N/c1-5-24-50(25-6-1)51-46-48-53(49-47-51)57-34-14-18-43-66(57)72(67-44-19-15-35-59(67)61-39-22-29-54-28-21-38-58(69(54)61)52-26-7-2-8-27-52)68-45-20-16-36-60(68)62-40-23-42-65-70(62)63-37-13-17-41-64(63)71(65,55-30-9-3-10-31-55)56-32-11-4-12-33-56/h1,3-6,9-25,28-49,52H,2,7-8,26-27H2. The van der Waals surface area contributed by atoms with Crippen LogP contribution in [0.2, 0.25) is 0 Å². The molecule has 0 atom stereocenters. The van der Waals surface area contributed by atoms with Gasteiger partial charge < -0.3 is 4.90 Å². The second-order valence-electron chi connectivity index (χ2n) is 19.7. The van der Waals surface area contributed by atoms with Crippen LogP contribution in [0, 0.1) is 0 Å². The second-order valence-corrected chi connectivity index (χ2v) is 19.7. The molecule has 0 N–H and O–H groups in total. The molecule has 1 heteroatoms. The lowest BCUT2D eigenvalue weighted by molar-refractivity contribution is 0.445. The van der Waals surface area contributed by atoms with Gasteiger partial charge in [-0.05, 0) is 114 Å². The van der Waals surface area contributed by atoms with Crippen LogP contribution in [0.4, 0.5) is 17.1 Å². The highest BCUT2D eigenvalue weighted by Gasteiger charge is 2.47. The van der Waals surface area contributed by atoms with Crippen LogP contribution in [-0.4, -0.2) is 0 Å². The number of para-hydroxylation sites is 3. The molecule has 1 nitrogen and oxygen atoms in total. The third kappa shape index (κ3) is 7.30. The van der Waals surface area contributed by atoms with Gasteiger partial charge in [0.15, 0.2) is 0 Å². The summed E-state index contributed by atoms with van der Waals surface area (Å²) in [5, 5.41) is 2.68. The van der Waals surface area contributed by atoms with Crippen molar-refractivity contribution in [2.45, 2.75) is 43.4 Å². The normalized spacial score (nSPS) is 13.9. The van der Waals surface area contributed by atoms with Gasteiger partial charge in [-0.25, -0.2) is 0 Å². The highest BCUT2D eigenvalue weighted by atomic mass is 15.1. The molecule has 11 aromatic carbocycles. The summed E-state index contributed by atoms with van der Waals surface area (Å²) in [5.41, 5.74) is 21.6. The average molecular weight is 922 g/mol. The molecular formula is C71H55N. The van der Waals surface area contributed by atoms with E-state index in [9.17, 15) is 0 Å². The fourth-order valence-electron chi connectivity index (χ4n) is 12.6. The molecule has 13 rings (SSSR count). The minimum atomic E-state index is -0.519. The Hall–Kier alpha value is -8.52. The molecule has 0 bridgehead atoms. The van der Waals surface area contributed by atoms with Gasteiger partial charge in [-0.1, -0.05) is 268 Å². The molecule has 2 aliphatic carbocycles. The summed E-state index contributed by atoms with van der Waals surface area (Å²) in [6.45, 7) is 0. The fraction of sp³-hybridized carbons (Fsp3) is 0.0986. The maximum absolute atomic E-state index is 2.58. The van der Waals surface area contributed by atoms with Gasteiger partial charge in [0.25, 0.3) is 0 Å². The third-order valence-electron chi connectivity index (χ3n) is 15.8. The lowest BCUT2D eigenvalue weighted by Gasteiger charge is -2.34. The molecule has 72 heavy (non-hydrogen) atoms. The molecule has 0 saturated heterocycles. The van der Waals surface area contributed by atoms with Crippen molar-refractivity contribution in [3.05, 3.63) is 295 Å². The van der Waals surface area contributed by atoms with Gasteiger partial charge in [-0.2, -0.15) is 0 Å². The van der Waals surface area contributed by atoms with E-state index in [0.717, 1.165) is 17.1 Å². The number of fused-ring (bicyclic) bond motifs is 4. The first-order valence-corrected chi connectivity index (χ1v) is 25.9. The Morgan fingerprint density at radius 2 is 0.750 bits per heavy atom. The van der Waals surface area contributed by atoms with E-state index in [1.807, 2.05) is 0 Å². The van der Waals surface area contributed by atoms with Crippen molar-refractivity contribution >= 4 is 27.8 Å². The third-order valence-corrected chi connectivity index (χ3v) is 15.8. The molecule has 1 fully saturated rings. The zero-order valence-electron chi connectivity index (χ0n) is 40.5. The first-order chi connectivity index (χ1) is 35.8. The van der Waals surface area contributed by atoms with Gasteiger partial charge in [0.05, 0.1) is 22.5 Å². The number of hydrogen-bond donors (Lipinski definition) is 0. The van der Waals surface area contributed by atoms with Crippen molar-refractivity contribution < 1.29 is 0 Å². The minimum Gasteiger partial charge on any atom is -0.309 e. The lowest BCUT2D eigenvalue weighted by atomic mass is 9.67. The zero-order chi connectivity index (χ0) is 47.8. The Morgan fingerprint density at radius 1 is 0.306 bits per heavy atom. The van der Waals surface area contributed by atoms with Crippen LogP contribution in [0.25, 0.3) is 66.4 Å². The Morgan fingerprint density at radius 3 is 1.40 bits per heavy atom. The van der Waals surface area contributed by atoms with Gasteiger partial charge in [-0.3, -0.25) is 0 Å². The highest BCUT2D eigenvalue weighted by Crippen LogP contribution is 2.59. The number of benzene rings is 11. The Bertz CT molecular complexity index is 3670. The highest BCUT2D eigenvalue weighted by molar-refractivity contribution is 6.06. The first kappa shape index (κ1) is 43.5. The van der Waals surface area contributed by atoms with E-state index in [2.05, 4.69) is 272 Å². The van der Waals surface area contributed by atoms with Crippen LogP contribution in [0.5, 0.6) is 0 Å². The largest absolute Gasteiger partial charge is 0.309 e. The summed E-state index contributed by atoms with van der Waals surface area (Å²) in [6.07, 6.45) is 6.39. The molecule has 0 amide bonds. The molecule has 0 aliphatic heterocycles. The Kier molecular flexibility index (Phi) is 11.3. The summed E-state index contributed by atoms with van der Waals surface area (Å²) < 4.78 is 0. The number of hydrogen-bond acceptors (Lipinski definition) is 1. The van der Waals surface area contributed by atoms with Gasteiger partial charge in [0, 0.05) is 16.7 Å². The summed E-state index contributed by atoms with van der Waals surface area (Å²) in [4.78, 5) is 2.58. The van der Waals surface area contributed by atoms with Crippen LogP contribution in [0.15, 0.2) is 267 Å². The SMILES string of the molecule is c1ccc(-c2ccc(-c3ccccc3N(c3ccccc3-c3cccc4c3-c3ccccc3C4(c3ccccc3)c3ccccc3)c3ccccc3-c3cccc4cccc(C5CCCCC5)c34)cc2)cc1. The fourth-order valence-corrected chi connectivity index (χ4v) is 12.6. The summed E-state index contributed by atoms with van der Waals surface area (Å²) in [5.74, 6) is 0.550. The predicted octanol–water partition coefficient (Wildman–Crippen LogP) is 19.4. The van der Waals surface area contributed by atoms with Gasteiger partial charge in [0.1, 0.15) is 0 Å². The topological polar surface area (TPSA) is 3.24 Å². The lowest BCUT2D eigenvalue weighted by Crippen LogP contribution is -2.28. The molecule has 0 heterocycles. The van der Waals surface area contributed by atoms with Crippen molar-refractivity contribution in [3.8, 4) is 55.6 Å². The van der Waals surface area contributed by atoms with Crippen molar-refractivity contribution in [1.82, 2.24) is 0 Å². The Labute approximate surface area is 424 Å². The zero-order valence-corrected chi connectivity index (χ0v) is 40.5. The Balaban J connectivity index is 1.08. The van der Waals surface area contributed by atoms with Crippen molar-refractivity contribution in [1.29, 1.82) is 0 Å². The maximum atomic E-state index is 2.58. The molecular weight excluding hydrogens is 867 g/mol. The number of anilines is 3. The summed E-state index contributed by atoms with van der Waals surface area (Å²) >= 11 is 0. The molecule has 0 spiro atoms. The van der Waals surface area contributed by atoms with E-state index in [4.69, 9.17) is 0 Å². The maximum Gasteiger partial charge on any atom is 0.0713 e. The predicted molar refractivity (Wildman–Crippen MR) is 304 cm³/mol. The van der Waals surface area contributed by atoms with Gasteiger partial charge in [-0.15, -0.1) is 0 Å².